The second-order valence-electron chi connectivity index (χ2n) is 8.30. The van der Waals surface area contributed by atoms with Crippen LogP contribution < -0.4 is 11.1 Å². The van der Waals surface area contributed by atoms with Crippen LogP contribution in [-0.2, 0) is 6.42 Å². The van der Waals surface area contributed by atoms with Crippen LogP contribution in [0.1, 0.15) is 11.3 Å². The summed E-state index contributed by atoms with van der Waals surface area (Å²) >= 11 is 0. The first-order valence-corrected chi connectivity index (χ1v) is 10.9. The van der Waals surface area contributed by atoms with Gasteiger partial charge in [0, 0.05) is 40.5 Å². The van der Waals surface area contributed by atoms with Gasteiger partial charge in [-0.3, -0.25) is 5.10 Å². The molecule has 0 amide bonds. The fourth-order valence-corrected chi connectivity index (χ4v) is 4.18. The minimum absolute atomic E-state index is 0.0996. The molecule has 0 aliphatic carbocycles. The molecule has 2 aromatic heterocycles. The first-order valence-electron chi connectivity index (χ1n) is 10.9. The van der Waals surface area contributed by atoms with Crippen LogP contribution in [0.25, 0.3) is 33.2 Å². The molecule has 5 aromatic rings. The lowest BCUT2D eigenvalue weighted by Crippen LogP contribution is -2.31. The highest BCUT2D eigenvalue weighted by Crippen LogP contribution is 2.38. The Bertz CT molecular complexity index is 1380. The summed E-state index contributed by atoms with van der Waals surface area (Å²) in [6, 6.07) is 21.2. The second-order valence-corrected chi connectivity index (χ2v) is 8.30. The lowest BCUT2D eigenvalue weighted by atomic mass is 9.93. The number of aryl methyl sites for hydroxylation is 1. The number of hydrogen-bond donors (Lipinski definition) is 3. The van der Waals surface area contributed by atoms with Crippen LogP contribution in [0.4, 0.5) is 10.1 Å². The molecular formula is C27H25FN4O. The quantitative estimate of drug-likeness (QED) is 0.293. The number of aromatic amines is 1. The number of hydrogen-bond acceptors (Lipinski definition) is 4. The maximum atomic E-state index is 15.4. The number of nitrogens with one attached hydrogen (secondary N) is 2. The van der Waals surface area contributed by atoms with Gasteiger partial charge in [0.15, 0.2) is 0 Å². The summed E-state index contributed by atoms with van der Waals surface area (Å²) in [5.74, 6) is -0.322. The zero-order chi connectivity index (χ0) is 22.8. The summed E-state index contributed by atoms with van der Waals surface area (Å²) < 4.78 is 20.7. The highest BCUT2D eigenvalue weighted by Gasteiger charge is 2.17. The summed E-state index contributed by atoms with van der Waals surface area (Å²) in [5, 5.41) is 11.6. The van der Waals surface area contributed by atoms with E-state index in [0.717, 1.165) is 34.1 Å². The summed E-state index contributed by atoms with van der Waals surface area (Å²) in [4.78, 5) is 0. The third-order valence-electron chi connectivity index (χ3n) is 5.86. The van der Waals surface area contributed by atoms with Crippen molar-refractivity contribution in [1.82, 2.24) is 10.2 Å². The van der Waals surface area contributed by atoms with Crippen molar-refractivity contribution in [2.75, 3.05) is 11.9 Å². The fraction of sp³-hybridized carbons (Fsp3) is 0.148. The van der Waals surface area contributed by atoms with Gasteiger partial charge in [0.1, 0.15) is 5.82 Å². The number of aromatic nitrogens is 2. The number of rotatable bonds is 7. The predicted molar refractivity (Wildman–Crippen MR) is 131 cm³/mol. The van der Waals surface area contributed by atoms with E-state index in [2.05, 4.69) is 27.6 Å². The fourth-order valence-electron chi connectivity index (χ4n) is 4.18. The molecule has 0 aliphatic heterocycles. The maximum absolute atomic E-state index is 15.4. The molecule has 3 aromatic carbocycles. The number of furan rings is 1. The van der Waals surface area contributed by atoms with E-state index in [1.807, 2.05) is 49.4 Å². The Morgan fingerprint density at radius 3 is 2.70 bits per heavy atom. The molecule has 2 heterocycles. The van der Waals surface area contributed by atoms with Gasteiger partial charge in [-0.25, -0.2) is 4.39 Å². The molecule has 0 unspecified atom stereocenters. The van der Waals surface area contributed by atoms with Gasteiger partial charge in [0.05, 0.1) is 18.0 Å². The number of H-pyrrole nitrogens is 1. The molecule has 5 nitrogen and oxygen atoms in total. The van der Waals surface area contributed by atoms with Crippen LogP contribution in [0.15, 0.2) is 83.7 Å². The normalized spacial score (nSPS) is 12.2. The molecule has 0 fully saturated rings. The smallest absolute Gasteiger partial charge is 0.133 e. The second kappa shape index (κ2) is 8.92. The first kappa shape index (κ1) is 21.0. The SMILES string of the molecule is Cc1[nH]nc2ccc(-c3cc(NC[C@H](N)Cc4ccccc4)cc(F)c3-c3ccoc3)cc12. The minimum atomic E-state index is -0.322. The van der Waals surface area contributed by atoms with E-state index >= 15 is 4.39 Å². The van der Waals surface area contributed by atoms with Crippen molar-refractivity contribution < 1.29 is 8.81 Å². The molecule has 166 valence electrons. The van der Waals surface area contributed by atoms with Gasteiger partial charge < -0.3 is 15.5 Å². The highest BCUT2D eigenvalue weighted by molar-refractivity contribution is 5.92. The van der Waals surface area contributed by atoms with Gasteiger partial charge in [-0.1, -0.05) is 36.4 Å². The monoisotopic (exact) mass is 440 g/mol. The highest BCUT2D eigenvalue weighted by atomic mass is 19.1. The van der Waals surface area contributed by atoms with Crippen molar-refractivity contribution in [1.29, 1.82) is 0 Å². The largest absolute Gasteiger partial charge is 0.472 e. The van der Waals surface area contributed by atoms with E-state index in [0.29, 0.717) is 23.4 Å². The van der Waals surface area contributed by atoms with E-state index in [-0.39, 0.29) is 11.9 Å². The molecule has 0 saturated heterocycles. The van der Waals surface area contributed by atoms with Crippen LogP contribution in [0.5, 0.6) is 0 Å². The number of fused-ring (bicyclic) bond motifs is 1. The van der Waals surface area contributed by atoms with E-state index in [1.54, 1.807) is 18.6 Å². The standard InChI is InChI=1S/C27H25FN4O/c1-17-23-12-19(7-8-26(23)32-31-17)24-13-22(14-25(28)27(24)20-9-10-33-16-20)30-15-21(29)11-18-5-3-2-4-6-18/h2-10,12-14,16,21,30H,11,15,29H2,1H3,(H,31,32)/t21-/m1/s1. The van der Waals surface area contributed by atoms with Crippen LogP contribution in [0, 0.1) is 12.7 Å². The average molecular weight is 441 g/mol. The Balaban J connectivity index is 1.48. The summed E-state index contributed by atoms with van der Waals surface area (Å²) in [6.45, 7) is 2.50. The number of anilines is 1. The molecule has 1 atom stereocenters. The molecule has 0 saturated carbocycles. The van der Waals surface area contributed by atoms with E-state index < -0.39 is 0 Å². The number of benzene rings is 3. The van der Waals surface area contributed by atoms with Gasteiger partial charge in [0.2, 0.25) is 0 Å². The van der Waals surface area contributed by atoms with Crippen molar-refractivity contribution in [2.24, 2.45) is 5.73 Å². The third kappa shape index (κ3) is 4.38. The molecule has 0 aliphatic rings. The Morgan fingerprint density at radius 1 is 1.06 bits per heavy atom. The molecule has 4 N–H and O–H groups in total. The van der Waals surface area contributed by atoms with Crippen molar-refractivity contribution in [3.8, 4) is 22.3 Å². The molecular weight excluding hydrogens is 415 g/mol. The van der Waals surface area contributed by atoms with Crippen molar-refractivity contribution >= 4 is 16.6 Å². The Morgan fingerprint density at radius 2 is 1.91 bits per heavy atom. The molecule has 6 heteroatoms. The number of nitrogens with zero attached hydrogens (tertiary/aromatic N) is 1. The van der Waals surface area contributed by atoms with E-state index in [4.69, 9.17) is 10.2 Å². The van der Waals surface area contributed by atoms with E-state index in [1.165, 1.54) is 11.6 Å². The number of halogens is 1. The lowest BCUT2D eigenvalue weighted by molar-refractivity contribution is 0.567. The average Bonchev–Trinajstić information content (AvgIpc) is 3.48. The van der Waals surface area contributed by atoms with Crippen LogP contribution >= 0.6 is 0 Å². The van der Waals surface area contributed by atoms with Crippen molar-refractivity contribution in [2.45, 2.75) is 19.4 Å². The van der Waals surface area contributed by atoms with Gasteiger partial charge >= 0.3 is 0 Å². The van der Waals surface area contributed by atoms with Gasteiger partial charge in [-0.2, -0.15) is 5.10 Å². The van der Waals surface area contributed by atoms with Crippen molar-refractivity contribution in [3.63, 3.8) is 0 Å². The van der Waals surface area contributed by atoms with Gasteiger partial charge in [-0.15, -0.1) is 0 Å². The van der Waals surface area contributed by atoms with E-state index in [9.17, 15) is 0 Å². The lowest BCUT2D eigenvalue weighted by Gasteiger charge is -2.17. The van der Waals surface area contributed by atoms with Crippen LogP contribution in [0.3, 0.4) is 0 Å². The molecule has 0 spiro atoms. The first-order chi connectivity index (χ1) is 16.1. The zero-order valence-corrected chi connectivity index (χ0v) is 18.3. The molecule has 0 radical (unpaired) electrons. The molecule has 33 heavy (non-hydrogen) atoms. The maximum Gasteiger partial charge on any atom is 0.133 e. The Hall–Kier alpha value is -3.90. The summed E-state index contributed by atoms with van der Waals surface area (Å²) in [7, 11) is 0. The van der Waals surface area contributed by atoms with Gasteiger partial charge in [-0.05, 0) is 60.4 Å². The summed E-state index contributed by atoms with van der Waals surface area (Å²) in [5.41, 5.74) is 12.9. The topological polar surface area (TPSA) is 79.9 Å². The van der Waals surface area contributed by atoms with Crippen LogP contribution in [-0.4, -0.2) is 22.8 Å². The third-order valence-corrected chi connectivity index (χ3v) is 5.86. The Labute approximate surface area is 191 Å². The molecule has 5 rings (SSSR count). The van der Waals surface area contributed by atoms with Gasteiger partial charge in [0.25, 0.3) is 0 Å². The zero-order valence-electron chi connectivity index (χ0n) is 18.3. The number of nitrogens with two attached hydrogens (primary N) is 1. The summed E-state index contributed by atoms with van der Waals surface area (Å²) in [6.07, 6.45) is 3.86. The van der Waals surface area contributed by atoms with Crippen molar-refractivity contribution in [3.05, 3.63) is 96.3 Å². The predicted octanol–water partition coefficient (Wildman–Crippen LogP) is 5.92. The Kier molecular flexibility index (Phi) is 5.67. The van der Waals surface area contributed by atoms with Crippen LogP contribution in [0.2, 0.25) is 0 Å². The molecule has 0 bridgehead atoms. The minimum Gasteiger partial charge on any atom is -0.472 e.